The van der Waals surface area contributed by atoms with E-state index in [9.17, 15) is 5.26 Å². The van der Waals surface area contributed by atoms with Gasteiger partial charge in [-0.05, 0) is 25.5 Å². The highest BCUT2D eigenvalue weighted by atomic mass is 16.5. The van der Waals surface area contributed by atoms with Gasteiger partial charge in [0.25, 0.3) is 0 Å². The van der Waals surface area contributed by atoms with E-state index in [1.807, 2.05) is 19.1 Å². The zero-order chi connectivity index (χ0) is 16.8. The van der Waals surface area contributed by atoms with Gasteiger partial charge in [0.05, 0.1) is 5.92 Å². The molecule has 1 unspecified atom stereocenters. The van der Waals surface area contributed by atoms with E-state index >= 15 is 0 Å². The van der Waals surface area contributed by atoms with Crippen molar-refractivity contribution >= 4 is 10.9 Å². The van der Waals surface area contributed by atoms with Crippen molar-refractivity contribution in [3.05, 3.63) is 58.7 Å². The van der Waals surface area contributed by atoms with Gasteiger partial charge in [-0.15, -0.1) is 5.10 Å². The van der Waals surface area contributed by atoms with Gasteiger partial charge in [-0.25, -0.2) is 0 Å². The third-order valence-electron chi connectivity index (χ3n) is 4.60. The number of aryl methyl sites for hydroxylation is 2. The van der Waals surface area contributed by atoms with E-state index in [1.54, 1.807) is 0 Å². The number of aromatic nitrogens is 3. The minimum Gasteiger partial charge on any atom is -0.420 e. The molecule has 3 heterocycles. The van der Waals surface area contributed by atoms with Crippen LogP contribution >= 0.6 is 0 Å². The molecule has 3 aromatic rings. The van der Waals surface area contributed by atoms with Crippen LogP contribution < -0.4 is 10.5 Å². The average Bonchev–Trinajstić information content (AvgIpc) is 3.14. The number of hydrogen-bond acceptors (Lipinski definition) is 4. The van der Waals surface area contributed by atoms with E-state index in [0.29, 0.717) is 11.5 Å². The monoisotopic (exact) mass is 319 g/mol. The summed E-state index contributed by atoms with van der Waals surface area (Å²) in [6, 6.07) is 10.4. The maximum Gasteiger partial charge on any atom is 0.244 e. The topological polar surface area (TPSA) is 92.7 Å². The quantitative estimate of drug-likeness (QED) is 0.759. The first-order chi connectivity index (χ1) is 11.7. The van der Waals surface area contributed by atoms with Crippen molar-refractivity contribution in [1.29, 1.82) is 5.26 Å². The van der Waals surface area contributed by atoms with Gasteiger partial charge in [0.2, 0.25) is 11.8 Å². The summed E-state index contributed by atoms with van der Waals surface area (Å²) in [6.07, 6.45) is 2.10. The number of fused-ring (bicyclic) bond motifs is 2. The van der Waals surface area contributed by atoms with Crippen LogP contribution in [-0.2, 0) is 6.54 Å². The second-order valence-corrected chi connectivity index (χ2v) is 5.88. The highest BCUT2D eigenvalue weighted by Crippen LogP contribution is 2.44. The molecular weight excluding hydrogens is 302 g/mol. The van der Waals surface area contributed by atoms with E-state index < -0.39 is 0 Å². The number of para-hydroxylation sites is 1. The Balaban J connectivity index is 2.05. The van der Waals surface area contributed by atoms with E-state index in [2.05, 4.69) is 46.1 Å². The van der Waals surface area contributed by atoms with Crippen LogP contribution in [0.5, 0.6) is 5.88 Å². The van der Waals surface area contributed by atoms with Gasteiger partial charge in [-0.1, -0.05) is 18.2 Å². The largest absolute Gasteiger partial charge is 0.420 e. The molecule has 1 aliphatic heterocycles. The van der Waals surface area contributed by atoms with Crippen molar-refractivity contribution < 1.29 is 4.74 Å². The molecule has 3 N–H and O–H groups in total. The fraction of sp³-hybridized carbons (Fsp3) is 0.222. The lowest BCUT2D eigenvalue weighted by Crippen LogP contribution is -2.20. The van der Waals surface area contributed by atoms with Crippen molar-refractivity contribution in [3.8, 4) is 11.9 Å². The molecule has 6 nitrogen and oxygen atoms in total. The van der Waals surface area contributed by atoms with Gasteiger partial charge < -0.3 is 15.0 Å². The Bertz CT molecular complexity index is 1020. The van der Waals surface area contributed by atoms with Crippen LogP contribution in [0.2, 0.25) is 0 Å². The molecule has 0 saturated carbocycles. The number of nitrogens with zero attached hydrogens (tertiary/aromatic N) is 3. The third-order valence-corrected chi connectivity index (χ3v) is 4.60. The molecule has 0 fully saturated rings. The first kappa shape index (κ1) is 14.4. The number of H-pyrrole nitrogens is 1. The van der Waals surface area contributed by atoms with Crippen LogP contribution in [0.15, 0.2) is 41.9 Å². The number of nitrogens with two attached hydrogens (primary N) is 1. The van der Waals surface area contributed by atoms with Gasteiger partial charge in [0.1, 0.15) is 11.6 Å². The lowest BCUT2D eigenvalue weighted by molar-refractivity contribution is 0.379. The van der Waals surface area contributed by atoms with Gasteiger partial charge in [-0.3, -0.25) is 5.10 Å². The number of aromatic amines is 1. The number of nitrogens with one attached hydrogen (secondary N) is 1. The first-order valence-electron chi connectivity index (χ1n) is 7.85. The van der Waals surface area contributed by atoms with Gasteiger partial charge >= 0.3 is 0 Å². The van der Waals surface area contributed by atoms with Crippen LogP contribution in [0.1, 0.15) is 29.7 Å². The van der Waals surface area contributed by atoms with Gasteiger partial charge in [0, 0.05) is 34.9 Å². The highest BCUT2D eigenvalue weighted by Gasteiger charge is 2.35. The molecule has 1 atom stereocenters. The van der Waals surface area contributed by atoms with Crippen LogP contribution in [0, 0.1) is 18.3 Å². The van der Waals surface area contributed by atoms with Gasteiger partial charge in [-0.2, -0.15) is 5.26 Å². The second kappa shape index (κ2) is 5.17. The predicted octanol–water partition coefficient (Wildman–Crippen LogP) is 2.91. The van der Waals surface area contributed by atoms with Crippen molar-refractivity contribution in [1.82, 2.24) is 14.8 Å². The maximum atomic E-state index is 9.68. The summed E-state index contributed by atoms with van der Waals surface area (Å²) in [5.74, 6) is 0.285. The Morgan fingerprint density at radius 3 is 2.96 bits per heavy atom. The van der Waals surface area contributed by atoms with E-state index in [4.69, 9.17) is 10.5 Å². The summed E-state index contributed by atoms with van der Waals surface area (Å²) < 4.78 is 7.72. The van der Waals surface area contributed by atoms with Crippen molar-refractivity contribution in [2.75, 3.05) is 0 Å². The molecule has 0 spiro atoms. The molecule has 24 heavy (non-hydrogen) atoms. The first-order valence-corrected chi connectivity index (χ1v) is 7.85. The summed E-state index contributed by atoms with van der Waals surface area (Å²) in [5, 5.41) is 17.9. The molecule has 6 heteroatoms. The average molecular weight is 319 g/mol. The molecule has 0 bridgehead atoms. The minimum atomic E-state index is -0.282. The fourth-order valence-electron chi connectivity index (χ4n) is 3.48. The van der Waals surface area contributed by atoms with Crippen molar-refractivity contribution in [2.45, 2.75) is 26.3 Å². The molecule has 0 saturated heterocycles. The van der Waals surface area contributed by atoms with Crippen molar-refractivity contribution in [2.24, 2.45) is 5.73 Å². The molecule has 0 aliphatic carbocycles. The molecule has 4 rings (SSSR count). The molecular formula is C18H17N5O. The van der Waals surface area contributed by atoms with Crippen molar-refractivity contribution in [3.63, 3.8) is 0 Å². The van der Waals surface area contributed by atoms with E-state index in [1.165, 1.54) is 0 Å². The Morgan fingerprint density at radius 1 is 1.42 bits per heavy atom. The number of ether oxygens (including phenoxy) is 1. The Labute approximate surface area is 139 Å². The zero-order valence-electron chi connectivity index (χ0n) is 13.5. The molecule has 2 aromatic heterocycles. The summed E-state index contributed by atoms with van der Waals surface area (Å²) >= 11 is 0. The van der Waals surface area contributed by atoms with Crippen LogP contribution in [0.4, 0.5) is 0 Å². The van der Waals surface area contributed by atoms with Crippen LogP contribution in [-0.4, -0.2) is 14.8 Å². The predicted molar refractivity (Wildman–Crippen MR) is 90.2 cm³/mol. The van der Waals surface area contributed by atoms with E-state index in [0.717, 1.165) is 34.3 Å². The number of rotatable bonds is 2. The summed E-state index contributed by atoms with van der Waals surface area (Å²) in [4.78, 5) is 0. The molecule has 0 radical (unpaired) electrons. The Hall–Kier alpha value is -3.20. The van der Waals surface area contributed by atoms with Crippen LogP contribution in [0.3, 0.4) is 0 Å². The number of benzene rings is 1. The second-order valence-electron chi connectivity index (χ2n) is 5.88. The zero-order valence-corrected chi connectivity index (χ0v) is 13.5. The lowest BCUT2D eigenvalue weighted by atomic mass is 9.84. The number of hydrogen-bond donors (Lipinski definition) is 2. The highest BCUT2D eigenvalue weighted by molar-refractivity contribution is 5.86. The van der Waals surface area contributed by atoms with Crippen LogP contribution in [0.25, 0.3) is 10.9 Å². The SMILES string of the molecule is CCn1cc(C2C(C#N)=C(N)Oc3n[nH]c(C)c32)c2ccccc21. The number of nitriles is 1. The smallest absolute Gasteiger partial charge is 0.244 e. The summed E-state index contributed by atoms with van der Waals surface area (Å²) in [5.41, 5.74) is 10.4. The molecule has 1 aliphatic rings. The molecule has 0 amide bonds. The normalized spacial score (nSPS) is 16.8. The standard InChI is InChI=1S/C18H17N5O/c1-3-23-9-13(11-6-4-5-7-14(11)23)16-12(8-19)17(20)24-18-15(16)10(2)21-22-18/h4-7,9,16H,3,20H2,1-2H3,(H,21,22). The fourth-order valence-corrected chi connectivity index (χ4v) is 3.48. The van der Waals surface area contributed by atoms with Gasteiger partial charge in [0.15, 0.2) is 0 Å². The molecule has 1 aromatic carbocycles. The Kier molecular flexibility index (Phi) is 3.10. The summed E-state index contributed by atoms with van der Waals surface area (Å²) in [7, 11) is 0. The number of allylic oxidation sites excluding steroid dienone is 1. The minimum absolute atomic E-state index is 0.120. The molecule has 120 valence electrons. The summed E-state index contributed by atoms with van der Waals surface area (Å²) in [6.45, 7) is 4.88. The lowest BCUT2D eigenvalue weighted by Gasteiger charge is -2.23. The third kappa shape index (κ3) is 1.85. The maximum absolute atomic E-state index is 9.68. The van der Waals surface area contributed by atoms with E-state index in [-0.39, 0.29) is 11.8 Å². The Morgan fingerprint density at radius 2 is 2.21 bits per heavy atom.